The molecule has 1 rings (SSSR count). The van der Waals surface area contributed by atoms with Crippen LogP contribution in [0.3, 0.4) is 0 Å². The number of rotatable bonds is 7. The first kappa shape index (κ1) is 15.4. The van der Waals surface area contributed by atoms with Crippen molar-refractivity contribution in [2.75, 3.05) is 39.9 Å². The van der Waals surface area contributed by atoms with Crippen LogP contribution < -0.4 is 5.32 Å². The Bertz CT molecular complexity index is 238. The van der Waals surface area contributed by atoms with E-state index in [1.165, 1.54) is 0 Å². The van der Waals surface area contributed by atoms with Gasteiger partial charge in [0.25, 0.3) is 0 Å². The molecule has 106 valence electrons. The Morgan fingerprint density at radius 1 is 1.50 bits per heavy atom. The van der Waals surface area contributed by atoms with Crippen LogP contribution in [0.15, 0.2) is 0 Å². The highest BCUT2D eigenvalue weighted by atomic mass is 16.5. The summed E-state index contributed by atoms with van der Waals surface area (Å²) in [5.74, 6) is 0.479. The molecule has 5 heteroatoms. The Hall–Kier alpha value is -0.650. The number of likely N-dealkylation sites (tertiary alicyclic amines) is 1. The summed E-state index contributed by atoms with van der Waals surface area (Å²) < 4.78 is 4.92. The molecule has 0 radical (unpaired) electrons. The lowest BCUT2D eigenvalue weighted by molar-refractivity contribution is -0.122. The van der Waals surface area contributed by atoms with Crippen LogP contribution in [0.1, 0.15) is 26.2 Å². The smallest absolute Gasteiger partial charge is 0.234 e. The minimum Gasteiger partial charge on any atom is -0.393 e. The summed E-state index contributed by atoms with van der Waals surface area (Å²) in [4.78, 5) is 13.8. The zero-order valence-corrected chi connectivity index (χ0v) is 11.5. The van der Waals surface area contributed by atoms with Crippen molar-refractivity contribution in [2.45, 2.75) is 32.3 Å². The summed E-state index contributed by atoms with van der Waals surface area (Å²) >= 11 is 0. The standard InChI is InChI=1S/C13H26N2O3/c1-11(16)12-4-7-15(8-5-12)10-13(17)14-6-3-9-18-2/h11-12,16H,3-10H2,1-2H3,(H,14,17). The molecule has 0 aromatic heterocycles. The number of methoxy groups -OCH3 is 1. The van der Waals surface area contributed by atoms with Gasteiger partial charge >= 0.3 is 0 Å². The van der Waals surface area contributed by atoms with Crippen molar-refractivity contribution in [1.29, 1.82) is 0 Å². The lowest BCUT2D eigenvalue weighted by Crippen LogP contribution is -2.43. The first-order valence-corrected chi connectivity index (χ1v) is 6.79. The predicted octanol–water partition coefficient (Wildman–Crippen LogP) is 0.232. The van der Waals surface area contributed by atoms with Gasteiger partial charge in [0.05, 0.1) is 12.6 Å². The van der Waals surface area contributed by atoms with E-state index in [0.717, 1.165) is 32.4 Å². The van der Waals surface area contributed by atoms with Gasteiger partial charge in [-0.2, -0.15) is 0 Å². The van der Waals surface area contributed by atoms with Gasteiger partial charge in [-0.3, -0.25) is 9.69 Å². The summed E-state index contributed by atoms with van der Waals surface area (Å²) in [6.45, 7) is 5.49. The Kier molecular flexibility index (Phi) is 7.23. The maximum atomic E-state index is 11.6. The minimum atomic E-state index is -0.227. The van der Waals surface area contributed by atoms with Gasteiger partial charge in [-0.15, -0.1) is 0 Å². The van der Waals surface area contributed by atoms with Crippen LogP contribution in [-0.4, -0.2) is 61.9 Å². The van der Waals surface area contributed by atoms with Crippen LogP contribution in [0.2, 0.25) is 0 Å². The summed E-state index contributed by atoms with van der Waals surface area (Å²) in [5.41, 5.74) is 0. The van der Waals surface area contributed by atoms with Gasteiger partial charge < -0.3 is 15.2 Å². The monoisotopic (exact) mass is 258 g/mol. The van der Waals surface area contributed by atoms with E-state index in [1.807, 2.05) is 6.92 Å². The van der Waals surface area contributed by atoms with Crippen molar-refractivity contribution < 1.29 is 14.6 Å². The summed E-state index contributed by atoms with van der Waals surface area (Å²) in [6, 6.07) is 0. The lowest BCUT2D eigenvalue weighted by atomic mass is 9.92. The SMILES string of the molecule is COCCCNC(=O)CN1CCC(C(C)O)CC1. The third-order valence-corrected chi connectivity index (χ3v) is 3.53. The topological polar surface area (TPSA) is 61.8 Å². The van der Waals surface area contributed by atoms with E-state index in [1.54, 1.807) is 7.11 Å². The van der Waals surface area contributed by atoms with Crippen molar-refractivity contribution in [3.8, 4) is 0 Å². The van der Waals surface area contributed by atoms with Crippen LogP contribution in [0.25, 0.3) is 0 Å². The zero-order valence-electron chi connectivity index (χ0n) is 11.5. The number of ether oxygens (including phenoxy) is 1. The maximum Gasteiger partial charge on any atom is 0.234 e. The van der Waals surface area contributed by atoms with Crippen LogP contribution in [0, 0.1) is 5.92 Å². The number of carbonyl (C=O) groups excluding carboxylic acids is 1. The van der Waals surface area contributed by atoms with Gasteiger partial charge in [0.2, 0.25) is 5.91 Å². The van der Waals surface area contributed by atoms with Crippen molar-refractivity contribution in [1.82, 2.24) is 10.2 Å². The first-order chi connectivity index (χ1) is 8.63. The number of amides is 1. The summed E-state index contributed by atoms with van der Waals surface area (Å²) in [5, 5.41) is 12.4. The molecule has 5 nitrogen and oxygen atoms in total. The zero-order chi connectivity index (χ0) is 13.4. The molecule has 0 saturated carbocycles. The molecule has 0 aromatic rings. The van der Waals surface area contributed by atoms with Gasteiger partial charge in [0, 0.05) is 20.3 Å². The predicted molar refractivity (Wildman–Crippen MR) is 70.3 cm³/mol. The Balaban J connectivity index is 2.10. The molecule has 0 bridgehead atoms. The van der Waals surface area contributed by atoms with Crippen LogP contribution in [0.5, 0.6) is 0 Å². The van der Waals surface area contributed by atoms with E-state index in [-0.39, 0.29) is 12.0 Å². The third kappa shape index (κ3) is 5.80. The van der Waals surface area contributed by atoms with Crippen molar-refractivity contribution in [3.63, 3.8) is 0 Å². The average Bonchev–Trinajstić information content (AvgIpc) is 2.35. The van der Waals surface area contributed by atoms with E-state index in [4.69, 9.17) is 4.74 Å². The summed E-state index contributed by atoms with van der Waals surface area (Å²) in [6.07, 6.45) is 2.59. The molecular weight excluding hydrogens is 232 g/mol. The highest BCUT2D eigenvalue weighted by Crippen LogP contribution is 2.19. The molecule has 0 aliphatic carbocycles. The number of aliphatic hydroxyl groups excluding tert-OH is 1. The number of carbonyl (C=O) groups is 1. The van der Waals surface area contributed by atoms with Gasteiger partial charge in [0.15, 0.2) is 0 Å². The second kappa shape index (κ2) is 8.45. The fraction of sp³-hybridized carbons (Fsp3) is 0.923. The van der Waals surface area contributed by atoms with Crippen LogP contribution in [-0.2, 0) is 9.53 Å². The Labute approximate surface area is 109 Å². The van der Waals surface area contributed by atoms with Crippen LogP contribution >= 0.6 is 0 Å². The largest absolute Gasteiger partial charge is 0.393 e. The number of piperidine rings is 1. The molecule has 0 aromatic carbocycles. The minimum absolute atomic E-state index is 0.0848. The number of nitrogens with zero attached hydrogens (tertiary/aromatic N) is 1. The molecule has 1 heterocycles. The molecular formula is C13H26N2O3. The molecule has 1 atom stereocenters. The van der Waals surface area contributed by atoms with Crippen molar-refractivity contribution in [3.05, 3.63) is 0 Å². The highest BCUT2D eigenvalue weighted by molar-refractivity contribution is 5.77. The quantitative estimate of drug-likeness (QED) is 0.642. The molecule has 1 aliphatic heterocycles. The van der Waals surface area contributed by atoms with E-state index in [0.29, 0.717) is 25.6 Å². The maximum absolute atomic E-state index is 11.6. The van der Waals surface area contributed by atoms with Crippen molar-refractivity contribution in [2.24, 2.45) is 5.92 Å². The number of hydrogen-bond acceptors (Lipinski definition) is 4. The van der Waals surface area contributed by atoms with Gasteiger partial charge in [-0.1, -0.05) is 0 Å². The van der Waals surface area contributed by atoms with Gasteiger partial charge in [-0.05, 0) is 45.2 Å². The molecule has 1 saturated heterocycles. The van der Waals surface area contributed by atoms with E-state index < -0.39 is 0 Å². The number of hydrogen-bond donors (Lipinski definition) is 2. The molecule has 1 fully saturated rings. The van der Waals surface area contributed by atoms with Crippen molar-refractivity contribution >= 4 is 5.91 Å². The van der Waals surface area contributed by atoms with Gasteiger partial charge in [-0.25, -0.2) is 0 Å². The molecule has 1 aliphatic rings. The van der Waals surface area contributed by atoms with E-state index in [9.17, 15) is 9.90 Å². The lowest BCUT2D eigenvalue weighted by Gasteiger charge is -2.32. The highest BCUT2D eigenvalue weighted by Gasteiger charge is 2.23. The Morgan fingerprint density at radius 2 is 2.17 bits per heavy atom. The molecule has 1 amide bonds. The second-order valence-corrected chi connectivity index (χ2v) is 5.05. The fourth-order valence-electron chi connectivity index (χ4n) is 2.30. The van der Waals surface area contributed by atoms with Crippen LogP contribution in [0.4, 0.5) is 0 Å². The first-order valence-electron chi connectivity index (χ1n) is 6.79. The number of aliphatic hydroxyl groups is 1. The molecule has 0 spiro atoms. The molecule has 2 N–H and O–H groups in total. The second-order valence-electron chi connectivity index (χ2n) is 5.05. The summed E-state index contributed by atoms with van der Waals surface area (Å²) in [7, 11) is 1.66. The normalized spacial score (nSPS) is 19.7. The average molecular weight is 258 g/mol. The molecule has 18 heavy (non-hydrogen) atoms. The number of nitrogens with one attached hydrogen (secondary N) is 1. The van der Waals surface area contributed by atoms with E-state index in [2.05, 4.69) is 10.2 Å². The van der Waals surface area contributed by atoms with E-state index >= 15 is 0 Å². The fourth-order valence-corrected chi connectivity index (χ4v) is 2.30. The third-order valence-electron chi connectivity index (χ3n) is 3.53. The Morgan fingerprint density at radius 3 is 2.72 bits per heavy atom. The van der Waals surface area contributed by atoms with Gasteiger partial charge in [0.1, 0.15) is 0 Å². The molecule has 1 unspecified atom stereocenters.